The molecule has 7 heteroatoms. The molecule has 18 heavy (non-hydrogen) atoms. The number of hydrogen-bond donors (Lipinski definition) is 2. The Kier molecular flexibility index (Phi) is 4.51. The number of carbonyl (C=O) groups is 2. The van der Waals surface area contributed by atoms with Crippen LogP contribution in [0.4, 0.5) is 0 Å². The number of ether oxygens (including phenoxy) is 2. The van der Waals surface area contributed by atoms with Crippen LogP contribution in [0.2, 0.25) is 0 Å². The molecule has 2 aliphatic rings. The Morgan fingerprint density at radius 3 is 2.72 bits per heavy atom. The number of nitrogens with zero attached hydrogens (tertiary/aromatic N) is 1. The van der Waals surface area contributed by atoms with Crippen LogP contribution in [0.1, 0.15) is 6.42 Å². The summed E-state index contributed by atoms with van der Waals surface area (Å²) in [5.41, 5.74) is 5.28. The van der Waals surface area contributed by atoms with Gasteiger partial charge in [0.1, 0.15) is 6.04 Å². The van der Waals surface area contributed by atoms with Gasteiger partial charge in [0.2, 0.25) is 11.8 Å². The molecular formula is C11H19N3O4. The first-order valence-electron chi connectivity index (χ1n) is 6.16. The van der Waals surface area contributed by atoms with Crippen LogP contribution in [-0.2, 0) is 19.1 Å². The summed E-state index contributed by atoms with van der Waals surface area (Å²) < 4.78 is 10.5. The van der Waals surface area contributed by atoms with Crippen molar-refractivity contribution >= 4 is 11.8 Å². The Labute approximate surface area is 106 Å². The molecule has 2 amide bonds. The largest absolute Gasteiger partial charge is 0.378 e. The van der Waals surface area contributed by atoms with E-state index in [0.29, 0.717) is 32.8 Å². The molecule has 7 nitrogen and oxygen atoms in total. The fourth-order valence-electron chi connectivity index (χ4n) is 2.22. The Morgan fingerprint density at radius 2 is 2.06 bits per heavy atom. The predicted octanol–water partition coefficient (Wildman–Crippen LogP) is -1.92. The van der Waals surface area contributed by atoms with E-state index < -0.39 is 11.9 Å². The van der Waals surface area contributed by atoms with Crippen LogP contribution >= 0.6 is 0 Å². The first-order chi connectivity index (χ1) is 8.68. The number of hydrogen-bond acceptors (Lipinski definition) is 5. The fourth-order valence-corrected chi connectivity index (χ4v) is 2.22. The molecule has 102 valence electrons. The van der Waals surface area contributed by atoms with Crippen molar-refractivity contribution in [1.29, 1.82) is 0 Å². The number of primary amides is 1. The third-order valence-electron chi connectivity index (χ3n) is 3.20. The van der Waals surface area contributed by atoms with E-state index in [1.54, 1.807) is 0 Å². The van der Waals surface area contributed by atoms with Crippen molar-refractivity contribution in [3.8, 4) is 0 Å². The second-order valence-electron chi connectivity index (χ2n) is 4.51. The maximum absolute atomic E-state index is 12.1. The Balaban J connectivity index is 1.91. The number of amides is 2. The van der Waals surface area contributed by atoms with Crippen molar-refractivity contribution in [1.82, 2.24) is 10.2 Å². The molecule has 2 atom stereocenters. The lowest BCUT2D eigenvalue weighted by Gasteiger charge is -2.35. The van der Waals surface area contributed by atoms with Crippen LogP contribution in [0.3, 0.4) is 0 Å². The van der Waals surface area contributed by atoms with Gasteiger partial charge in [-0.1, -0.05) is 0 Å². The van der Waals surface area contributed by atoms with E-state index in [9.17, 15) is 9.59 Å². The van der Waals surface area contributed by atoms with Gasteiger partial charge in [0, 0.05) is 25.6 Å². The maximum Gasteiger partial charge on any atom is 0.242 e. The Morgan fingerprint density at radius 1 is 1.28 bits per heavy atom. The summed E-state index contributed by atoms with van der Waals surface area (Å²) in [6.07, 6.45) is 0.323. The minimum Gasteiger partial charge on any atom is -0.378 e. The monoisotopic (exact) mass is 257 g/mol. The van der Waals surface area contributed by atoms with Crippen LogP contribution in [0.15, 0.2) is 0 Å². The summed E-state index contributed by atoms with van der Waals surface area (Å²) in [6, 6.07) is -0.626. The minimum absolute atomic E-state index is 0.0163. The quantitative estimate of drug-likeness (QED) is 0.614. The summed E-state index contributed by atoms with van der Waals surface area (Å²) in [5, 5.41) is 3.21. The maximum atomic E-state index is 12.1. The zero-order chi connectivity index (χ0) is 13.0. The third-order valence-corrected chi connectivity index (χ3v) is 3.20. The lowest BCUT2D eigenvalue weighted by molar-refractivity contribution is -0.148. The molecule has 0 aliphatic carbocycles. The standard InChI is InChI=1S/C11H19N3O4/c12-11(16)9-7-18-4-2-14(9)10(15)5-8-6-17-3-1-13-8/h8-9,13H,1-7H2,(H2,12,16). The molecule has 0 aromatic rings. The highest BCUT2D eigenvalue weighted by atomic mass is 16.5. The molecule has 0 radical (unpaired) electrons. The van der Waals surface area contributed by atoms with Crippen molar-refractivity contribution in [2.45, 2.75) is 18.5 Å². The summed E-state index contributed by atoms with van der Waals surface area (Å²) in [5.74, 6) is -0.596. The molecule has 2 fully saturated rings. The normalized spacial score (nSPS) is 29.0. The molecule has 0 saturated carbocycles. The lowest BCUT2D eigenvalue weighted by Crippen LogP contribution is -2.56. The molecule has 3 N–H and O–H groups in total. The summed E-state index contributed by atoms with van der Waals surface area (Å²) in [7, 11) is 0. The van der Waals surface area contributed by atoms with Gasteiger partial charge in [0.05, 0.1) is 26.4 Å². The van der Waals surface area contributed by atoms with Gasteiger partial charge in [0.15, 0.2) is 0 Å². The number of rotatable bonds is 3. The molecule has 2 aliphatic heterocycles. The molecule has 0 bridgehead atoms. The van der Waals surface area contributed by atoms with Crippen molar-refractivity contribution < 1.29 is 19.1 Å². The summed E-state index contributed by atoms with van der Waals surface area (Å²) >= 11 is 0. The van der Waals surface area contributed by atoms with Gasteiger partial charge in [-0.15, -0.1) is 0 Å². The topological polar surface area (TPSA) is 93.9 Å². The molecule has 0 aromatic heterocycles. The number of morpholine rings is 2. The minimum atomic E-state index is -0.643. The predicted molar refractivity (Wildman–Crippen MR) is 62.7 cm³/mol. The zero-order valence-electron chi connectivity index (χ0n) is 10.3. The lowest BCUT2D eigenvalue weighted by atomic mass is 10.1. The van der Waals surface area contributed by atoms with E-state index in [1.165, 1.54) is 4.90 Å². The summed E-state index contributed by atoms with van der Waals surface area (Å²) in [4.78, 5) is 24.9. The van der Waals surface area contributed by atoms with Crippen LogP contribution in [0.25, 0.3) is 0 Å². The first-order valence-corrected chi connectivity index (χ1v) is 6.16. The van der Waals surface area contributed by atoms with Crippen molar-refractivity contribution in [2.24, 2.45) is 5.73 Å². The van der Waals surface area contributed by atoms with Crippen molar-refractivity contribution in [3.63, 3.8) is 0 Å². The highest BCUT2D eigenvalue weighted by Gasteiger charge is 2.32. The van der Waals surface area contributed by atoms with E-state index >= 15 is 0 Å². The van der Waals surface area contributed by atoms with Gasteiger partial charge >= 0.3 is 0 Å². The number of nitrogens with two attached hydrogens (primary N) is 1. The summed E-state index contributed by atoms with van der Waals surface area (Å²) in [6.45, 7) is 3.00. The van der Waals surface area contributed by atoms with Gasteiger partial charge in [-0.05, 0) is 0 Å². The fraction of sp³-hybridized carbons (Fsp3) is 0.818. The van der Waals surface area contributed by atoms with E-state index in [-0.39, 0.29) is 18.6 Å². The molecular weight excluding hydrogens is 238 g/mol. The SMILES string of the molecule is NC(=O)C1COCCN1C(=O)CC1COCCN1. The van der Waals surface area contributed by atoms with Gasteiger partial charge in [-0.25, -0.2) is 0 Å². The molecule has 2 saturated heterocycles. The van der Waals surface area contributed by atoms with E-state index in [2.05, 4.69) is 5.32 Å². The zero-order valence-corrected chi connectivity index (χ0v) is 10.3. The molecule has 0 aromatic carbocycles. The second-order valence-corrected chi connectivity index (χ2v) is 4.51. The van der Waals surface area contributed by atoms with Crippen LogP contribution in [0.5, 0.6) is 0 Å². The molecule has 2 rings (SSSR count). The van der Waals surface area contributed by atoms with E-state index in [4.69, 9.17) is 15.2 Å². The average molecular weight is 257 g/mol. The molecule has 0 spiro atoms. The van der Waals surface area contributed by atoms with Crippen molar-refractivity contribution in [3.05, 3.63) is 0 Å². The smallest absolute Gasteiger partial charge is 0.242 e. The highest BCUT2D eigenvalue weighted by Crippen LogP contribution is 2.10. The third kappa shape index (κ3) is 3.18. The van der Waals surface area contributed by atoms with Crippen molar-refractivity contribution in [2.75, 3.05) is 39.5 Å². The van der Waals surface area contributed by atoms with Crippen LogP contribution in [-0.4, -0.2) is 68.3 Å². The molecule has 2 unspecified atom stereocenters. The van der Waals surface area contributed by atoms with E-state index in [1.807, 2.05) is 0 Å². The molecule has 2 heterocycles. The van der Waals surface area contributed by atoms with Crippen LogP contribution < -0.4 is 11.1 Å². The second kappa shape index (κ2) is 6.12. The van der Waals surface area contributed by atoms with E-state index in [0.717, 1.165) is 6.54 Å². The average Bonchev–Trinajstić information content (AvgIpc) is 2.40. The highest BCUT2D eigenvalue weighted by molar-refractivity contribution is 5.87. The number of nitrogens with one attached hydrogen (secondary N) is 1. The van der Waals surface area contributed by atoms with Gasteiger partial charge in [-0.2, -0.15) is 0 Å². The van der Waals surface area contributed by atoms with Gasteiger partial charge in [-0.3, -0.25) is 9.59 Å². The number of carbonyl (C=O) groups excluding carboxylic acids is 2. The van der Waals surface area contributed by atoms with Crippen LogP contribution in [0, 0.1) is 0 Å². The Hall–Kier alpha value is -1.18. The van der Waals surface area contributed by atoms with Gasteiger partial charge in [0.25, 0.3) is 0 Å². The first kappa shape index (κ1) is 13.3. The Bertz CT molecular complexity index is 317. The van der Waals surface area contributed by atoms with Gasteiger partial charge < -0.3 is 25.4 Å².